The van der Waals surface area contributed by atoms with Gasteiger partial charge in [-0.1, -0.05) is 25.1 Å². The predicted octanol–water partition coefficient (Wildman–Crippen LogP) is 1.46. The minimum Gasteiger partial charge on any atom is -0.308 e. The van der Waals surface area contributed by atoms with Crippen LogP contribution < -0.4 is 11.0 Å². The van der Waals surface area contributed by atoms with Crippen molar-refractivity contribution in [1.29, 1.82) is 0 Å². The lowest BCUT2D eigenvalue weighted by atomic mass is 10.1. The Labute approximate surface area is 117 Å². The molecule has 0 amide bonds. The van der Waals surface area contributed by atoms with E-state index < -0.39 is 0 Å². The molecule has 1 N–H and O–H groups in total. The normalized spacial score (nSPS) is 12.6. The van der Waals surface area contributed by atoms with Gasteiger partial charge in [0.1, 0.15) is 12.1 Å². The molecule has 0 aliphatic carbocycles. The summed E-state index contributed by atoms with van der Waals surface area (Å²) in [4.78, 5) is 11.8. The van der Waals surface area contributed by atoms with E-state index in [1.54, 1.807) is 25.2 Å². The molecule has 0 aliphatic heterocycles. The third-order valence-corrected chi connectivity index (χ3v) is 3.16. The Bertz CT molecular complexity index is 620. The molecule has 1 atom stereocenters. The molecular weight excluding hydrogens is 259 g/mol. The topological polar surface area (TPSA) is 51.9 Å². The number of nitrogens with one attached hydrogen (secondary N) is 1. The fourth-order valence-electron chi connectivity index (χ4n) is 2.07. The number of aromatic nitrogens is 3. The van der Waals surface area contributed by atoms with Gasteiger partial charge >= 0.3 is 5.69 Å². The molecule has 5 nitrogen and oxygen atoms in total. The molecule has 0 bridgehead atoms. The van der Waals surface area contributed by atoms with E-state index in [2.05, 4.69) is 10.4 Å². The SMILES string of the molecule is CCCNC(Cn1ncn(C)c1=O)c1ccccc1F. The van der Waals surface area contributed by atoms with Gasteiger partial charge in [0.2, 0.25) is 0 Å². The summed E-state index contributed by atoms with van der Waals surface area (Å²) in [5.74, 6) is -0.273. The molecule has 0 radical (unpaired) electrons. The molecule has 108 valence electrons. The van der Waals surface area contributed by atoms with Crippen LogP contribution in [0.15, 0.2) is 35.4 Å². The highest BCUT2D eigenvalue weighted by atomic mass is 19.1. The van der Waals surface area contributed by atoms with Crippen LogP contribution in [0.2, 0.25) is 0 Å². The van der Waals surface area contributed by atoms with Crippen molar-refractivity contribution in [3.8, 4) is 0 Å². The predicted molar refractivity (Wildman–Crippen MR) is 74.9 cm³/mol. The van der Waals surface area contributed by atoms with Gasteiger partial charge in [-0.2, -0.15) is 5.10 Å². The second kappa shape index (κ2) is 6.47. The summed E-state index contributed by atoms with van der Waals surface area (Å²) >= 11 is 0. The third kappa shape index (κ3) is 3.14. The quantitative estimate of drug-likeness (QED) is 0.870. The maximum atomic E-state index is 13.9. The Morgan fingerprint density at radius 2 is 2.15 bits per heavy atom. The van der Waals surface area contributed by atoms with Crippen molar-refractivity contribution in [2.24, 2.45) is 7.05 Å². The molecule has 1 aromatic heterocycles. The van der Waals surface area contributed by atoms with Crippen LogP contribution in [-0.2, 0) is 13.6 Å². The number of halogens is 1. The van der Waals surface area contributed by atoms with Crippen LogP contribution in [-0.4, -0.2) is 20.9 Å². The summed E-state index contributed by atoms with van der Waals surface area (Å²) in [5, 5.41) is 7.29. The van der Waals surface area contributed by atoms with E-state index in [0.29, 0.717) is 12.1 Å². The molecular formula is C14H19FN4O. The van der Waals surface area contributed by atoms with E-state index in [1.807, 2.05) is 6.92 Å². The molecule has 0 aliphatic rings. The Morgan fingerprint density at radius 1 is 1.40 bits per heavy atom. The highest BCUT2D eigenvalue weighted by molar-refractivity contribution is 5.21. The summed E-state index contributed by atoms with van der Waals surface area (Å²) in [5.41, 5.74) is 0.350. The van der Waals surface area contributed by atoms with Crippen molar-refractivity contribution in [2.75, 3.05) is 6.54 Å². The highest BCUT2D eigenvalue weighted by Gasteiger charge is 2.17. The second-order valence-electron chi connectivity index (χ2n) is 4.73. The first-order valence-electron chi connectivity index (χ1n) is 6.69. The van der Waals surface area contributed by atoms with Crippen LogP contribution in [0.5, 0.6) is 0 Å². The molecule has 2 aromatic rings. The number of aryl methyl sites for hydroxylation is 1. The molecule has 1 unspecified atom stereocenters. The molecule has 0 spiro atoms. The highest BCUT2D eigenvalue weighted by Crippen LogP contribution is 2.18. The number of nitrogens with zero attached hydrogens (tertiary/aromatic N) is 3. The standard InChI is InChI=1S/C14H19FN4O/c1-3-8-16-13(11-6-4-5-7-12(11)15)9-19-14(20)18(2)10-17-19/h4-7,10,13,16H,3,8-9H2,1-2H3. The number of rotatable bonds is 6. The summed E-state index contributed by atoms with van der Waals surface area (Å²) in [6, 6.07) is 6.33. The number of hydrogen-bond acceptors (Lipinski definition) is 3. The number of hydrogen-bond donors (Lipinski definition) is 1. The molecule has 6 heteroatoms. The first-order chi connectivity index (χ1) is 9.63. The van der Waals surface area contributed by atoms with E-state index in [0.717, 1.165) is 13.0 Å². The van der Waals surface area contributed by atoms with E-state index >= 15 is 0 Å². The van der Waals surface area contributed by atoms with Crippen molar-refractivity contribution in [3.63, 3.8) is 0 Å². The van der Waals surface area contributed by atoms with Crippen molar-refractivity contribution in [3.05, 3.63) is 52.5 Å². The van der Waals surface area contributed by atoms with Gasteiger partial charge in [-0.05, 0) is 19.0 Å². The molecule has 0 fully saturated rings. The average molecular weight is 278 g/mol. The van der Waals surface area contributed by atoms with E-state index in [9.17, 15) is 9.18 Å². The summed E-state index contributed by atoms with van der Waals surface area (Å²) in [7, 11) is 1.64. The van der Waals surface area contributed by atoms with Gasteiger partial charge in [0.05, 0.1) is 12.6 Å². The zero-order chi connectivity index (χ0) is 14.5. The third-order valence-electron chi connectivity index (χ3n) is 3.16. The molecule has 0 saturated carbocycles. The minimum atomic E-state index is -0.274. The summed E-state index contributed by atoms with van der Waals surface area (Å²) in [6.07, 6.45) is 2.39. The van der Waals surface area contributed by atoms with Crippen LogP contribution in [0.1, 0.15) is 24.9 Å². The lowest BCUT2D eigenvalue weighted by Crippen LogP contribution is -2.32. The van der Waals surface area contributed by atoms with Crippen LogP contribution >= 0.6 is 0 Å². The Balaban J connectivity index is 2.26. The first kappa shape index (κ1) is 14.5. The van der Waals surface area contributed by atoms with Gasteiger partial charge in [0, 0.05) is 12.6 Å². The van der Waals surface area contributed by atoms with Crippen LogP contribution in [0.4, 0.5) is 4.39 Å². The monoisotopic (exact) mass is 278 g/mol. The maximum Gasteiger partial charge on any atom is 0.345 e. The Hall–Kier alpha value is -1.95. The summed E-state index contributed by atoms with van der Waals surface area (Å²) < 4.78 is 16.7. The van der Waals surface area contributed by atoms with Crippen molar-refractivity contribution >= 4 is 0 Å². The summed E-state index contributed by atoms with van der Waals surface area (Å²) in [6.45, 7) is 3.10. The lowest BCUT2D eigenvalue weighted by Gasteiger charge is -2.19. The van der Waals surface area contributed by atoms with Crippen LogP contribution in [0, 0.1) is 5.82 Å². The Morgan fingerprint density at radius 3 is 2.75 bits per heavy atom. The van der Waals surface area contributed by atoms with Gasteiger partial charge < -0.3 is 5.32 Å². The zero-order valence-corrected chi connectivity index (χ0v) is 11.7. The molecule has 20 heavy (non-hydrogen) atoms. The smallest absolute Gasteiger partial charge is 0.308 e. The van der Waals surface area contributed by atoms with Crippen molar-refractivity contribution in [2.45, 2.75) is 25.9 Å². The van der Waals surface area contributed by atoms with Crippen LogP contribution in [0.3, 0.4) is 0 Å². The van der Waals surface area contributed by atoms with Gasteiger partial charge in [-0.3, -0.25) is 4.57 Å². The van der Waals surface area contributed by atoms with Crippen molar-refractivity contribution < 1.29 is 4.39 Å². The molecule has 2 rings (SSSR count). The lowest BCUT2D eigenvalue weighted by molar-refractivity contribution is 0.415. The molecule has 1 heterocycles. The maximum absolute atomic E-state index is 13.9. The second-order valence-corrected chi connectivity index (χ2v) is 4.73. The van der Waals surface area contributed by atoms with Gasteiger partial charge in [-0.25, -0.2) is 13.9 Å². The zero-order valence-electron chi connectivity index (χ0n) is 11.7. The van der Waals surface area contributed by atoms with E-state index in [4.69, 9.17) is 0 Å². The fraction of sp³-hybridized carbons (Fsp3) is 0.429. The largest absolute Gasteiger partial charge is 0.345 e. The van der Waals surface area contributed by atoms with E-state index in [-0.39, 0.29) is 17.5 Å². The van der Waals surface area contributed by atoms with Gasteiger partial charge in [0.15, 0.2) is 0 Å². The molecule has 0 saturated heterocycles. The minimum absolute atomic E-state index is 0.204. The average Bonchev–Trinajstić information content (AvgIpc) is 2.76. The van der Waals surface area contributed by atoms with Crippen LogP contribution in [0.25, 0.3) is 0 Å². The first-order valence-corrected chi connectivity index (χ1v) is 6.69. The molecule has 1 aromatic carbocycles. The fourth-order valence-corrected chi connectivity index (χ4v) is 2.07. The van der Waals surface area contributed by atoms with E-state index in [1.165, 1.54) is 21.6 Å². The van der Waals surface area contributed by atoms with Gasteiger partial charge in [-0.15, -0.1) is 0 Å². The Kier molecular flexibility index (Phi) is 4.68. The van der Waals surface area contributed by atoms with Gasteiger partial charge in [0.25, 0.3) is 0 Å². The number of benzene rings is 1. The van der Waals surface area contributed by atoms with Crippen molar-refractivity contribution in [1.82, 2.24) is 19.7 Å².